The molecule has 0 aliphatic heterocycles. The second-order valence-corrected chi connectivity index (χ2v) is 7.41. The number of pyridine rings is 2. The van der Waals surface area contributed by atoms with E-state index in [-0.39, 0.29) is 23.5 Å². The largest absolute Gasteiger partial charge is 0.493 e. The van der Waals surface area contributed by atoms with Crippen LogP contribution in [0.15, 0.2) is 36.5 Å². The predicted octanol–water partition coefficient (Wildman–Crippen LogP) is 5.16. The number of hydrogen-bond acceptors (Lipinski definition) is 5. The van der Waals surface area contributed by atoms with Crippen molar-refractivity contribution >= 4 is 34.4 Å². The average molecular weight is 451 g/mol. The number of ether oxygens (including phenoxy) is 1. The minimum atomic E-state index is -1.22. The summed E-state index contributed by atoms with van der Waals surface area (Å²) in [5.41, 5.74) is 1.41. The van der Waals surface area contributed by atoms with Crippen molar-refractivity contribution in [3.05, 3.63) is 58.9 Å². The van der Waals surface area contributed by atoms with Gasteiger partial charge < -0.3 is 20.5 Å². The molecular weight excluding hydrogens is 430 g/mol. The Kier molecular flexibility index (Phi) is 7.06. The normalized spacial score (nSPS) is 12.9. The summed E-state index contributed by atoms with van der Waals surface area (Å²) in [5, 5.41) is 14.5. The van der Waals surface area contributed by atoms with Crippen LogP contribution in [0.5, 0.6) is 5.75 Å². The quantitative estimate of drug-likeness (QED) is 0.410. The highest BCUT2D eigenvalue weighted by atomic mass is 35.5. The van der Waals surface area contributed by atoms with Crippen LogP contribution in [0.2, 0.25) is 5.15 Å². The average Bonchev–Trinajstić information content (AvgIpc) is 2.70. The fourth-order valence-electron chi connectivity index (χ4n) is 3.07. The lowest BCUT2D eigenvalue weighted by molar-refractivity contribution is 0.190. The summed E-state index contributed by atoms with van der Waals surface area (Å²) in [6.45, 7) is 3.67. The summed E-state index contributed by atoms with van der Waals surface area (Å²) >= 11 is 5.94. The van der Waals surface area contributed by atoms with Crippen molar-refractivity contribution in [2.45, 2.75) is 32.4 Å². The lowest BCUT2D eigenvalue weighted by Crippen LogP contribution is -2.25. The molecule has 0 saturated carbocycles. The molecule has 0 fully saturated rings. The number of hydrogen-bond donors (Lipinski definition) is 3. The number of nitrogens with one attached hydrogen (secondary N) is 2. The van der Waals surface area contributed by atoms with Gasteiger partial charge in [-0.1, -0.05) is 11.6 Å². The maximum atomic E-state index is 14.4. The molecule has 0 bridgehead atoms. The Morgan fingerprint density at radius 3 is 2.77 bits per heavy atom. The number of rotatable bonds is 8. The maximum Gasteiger partial charge on any atom is 0.405 e. The molecule has 0 aliphatic rings. The highest BCUT2D eigenvalue weighted by Gasteiger charge is 2.17. The molecule has 2 aromatic heterocycles. The second-order valence-electron chi connectivity index (χ2n) is 7.02. The zero-order chi connectivity index (χ0) is 22.5. The van der Waals surface area contributed by atoms with Gasteiger partial charge in [-0.2, -0.15) is 0 Å². The van der Waals surface area contributed by atoms with Gasteiger partial charge in [0.1, 0.15) is 27.9 Å². The van der Waals surface area contributed by atoms with Gasteiger partial charge in [0.2, 0.25) is 0 Å². The van der Waals surface area contributed by atoms with Crippen molar-refractivity contribution in [1.29, 1.82) is 0 Å². The van der Waals surface area contributed by atoms with Gasteiger partial charge in [-0.3, -0.25) is 4.98 Å². The molecule has 7 nitrogen and oxygen atoms in total. The minimum Gasteiger partial charge on any atom is -0.493 e. The first kappa shape index (κ1) is 22.5. The van der Waals surface area contributed by atoms with Crippen LogP contribution in [0.1, 0.15) is 31.9 Å². The molecule has 0 spiro atoms. The molecule has 2 heterocycles. The topological polar surface area (TPSA) is 96.4 Å². The minimum absolute atomic E-state index is 0.196. The third-order valence-electron chi connectivity index (χ3n) is 4.61. The number of amides is 1. The first-order chi connectivity index (χ1) is 14.7. The van der Waals surface area contributed by atoms with Gasteiger partial charge >= 0.3 is 6.09 Å². The van der Waals surface area contributed by atoms with Gasteiger partial charge in [0.25, 0.3) is 0 Å². The molecule has 0 saturated heterocycles. The molecule has 1 aromatic carbocycles. The molecule has 164 valence electrons. The SMILES string of the molecule is CC(CCOc1ccc(F)cc1[C@@H](C)NC(=O)O)Nc1c(F)cnc2ccc(Cl)nc12. The van der Waals surface area contributed by atoms with E-state index in [1.807, 2.05) is 6.92 Å². The second kappa shape index (κ2) is 9.74. The van der Waals surface area contributed by atoms with Crippen LogP contribution < -0.4 is 15.4 Å². The number of carbonyl (C=O) groups is 1. The highest BCUT2D eigenvalue weighted by molar-refractivity contribution is 6.29. The van der Waals surface area contributed by atoms with Crippen LogP contribution in [0, 0.1) is 11.6 Å². The third kappa shape index (κ3) is 5.69. The Morgan fingerprint density at radius 2 is 2.03 bits per heavy atom. The van der Waals surface area contributed by atoms with Crippen molar-refractivity contribution in [2.75, 3.05) is 11.9 Å². The van der Waals surface area contributed by atoms with E-state index in [9.17, 15) is 13.6 Å². The van der Waals surface area contributed by atoms with Crippen LogP contribution in [-0.2, 0) is 0 Å². The highest BCUT2D eigenvalue weighted by Crippen LogP contribution is 2.28. The van der Waals surface area contributed by atoms with Gasteiger partial charge in [0.15, 0.2) is 5.82 Å². The number of aromatic nitrogens is 2. The van der Waals surface area contributed by atoms with E-state index >= 15 is 0 Å². The van der Waals surface area contributed by atoms with Crippen LogP contribution >= 0.6 is 11.6 Å². The summed E-state index contributed by atoms with van der Waals surface area (Å²) in [6, 6.07) is 6.28. The molecule has 1 unspecified atom stereocenters. The van der Waals surface area contributed by atoms with E-state index in [4.69, 9.17) is 21.4 Å². The molecule has 31 heavy (non-hydrogen) atoms. The Labute approximate surface area is 182 Å². The van der Waals surface area contributed by atoms with Crippen molar-refractivity contribution in [3.63, 3.8) is 0 Å². The van der Waals surface area contributed by atoms with Crippen LogP contribution in [-0.4, -0.2) is 33.8 Å². The number of anilines is 1. The van der Waals surface area contributed by atoms with Crippen molar-refractivity contribution in [3.8, 4) is 5.75 Å². The Hall–Kier alpha value is -3.20. The Bertz CT molecular complexity index is 1090. The predicted molar refractivity (Wildman–Crippen MR) is 114 cm³/mol. The van der Waals surface area contributed by atoms with Gasteiger partial charge in [0, 0.05) is 18.0 Å². The molecule has 0 aliphatic carbocycles. The molecule has 1 amide bonds. The van der Waals surface area contributed by atoms with E-state index in [2.05, 4.69) is 20.6 Å². The van der Waals surface area contributed by atoms with Gasteiger partial charge in [-0.25, -0.2) is 18.6 Å². The maximum absolute atomic E-state index is 14.4. The Morgan fingerprint density at radius 1 is 1.26 bits per heavy atom. The van der Waals surface area contributed by atoms with Crippen molar-refractivity contribution < 1.29 is 23.4 Å². The number of halogens is 3. The molecular formula is C21H21ClF2N4O3. The monoisotopic (exact) mass is 450 g/mol. The summed E-state index contributed by atoms with van der Waals surface area (Å²) in [4.78, 5) is 19.1. The van der Waals surface area contributed by atoms with Crippen LogP contribution in [0.25, 0.3) is 11.0 Å². The van der Waals surface area contributed by atoms with Crippen molar-refractivity contribution in [1.82, 2.24) is 15.3 Å². The standard InChI is InChI=1S/C21H21ClF2N4O3/c1-11(26-19-15(24)10-25-16-4-6-18(22)28-20(16)19)7-8-31-17-5-3-13(23)9-14(17)12(2)27-21(29)30/h3-6,9-12,27H,7-8H2,1-2H3,(H,25,26)(H,29,30)/t11?,12-/m1/s1. The third-order valence-corrected chi connectivity index (χ3v) is 4.82. The van der Waals surface area contributed by atoms with E-state index in [1.54, 1.807) is 19.1 Å². The van der Waals surface area contributed by atoms with E-state index in [0.717, 1.165) is 6.20 Å². The van der Waals surface area contributed by atoms with Gasteiger partial charge in [-0.05, 0) is 44.2 Å². The Balaban J connectivity index is 1.67. The number of carboxylic acid groups (broad SMARTS) is 1. The van der Waals surface area contributed by atoms with Gasteiger partial charge in [-0.15, -0.1) is 0 Å². The van der Waals surface area contributed by atoms with Crippen molar-refractivity contribution in [2.24, 2.45) is 0 Å². The lowest BCUT2D eigenvalue weighted by Gasteiger charge is -2.20. The zero-order valence-corrected chi connectivity index (χ0v) is 17.6. The molecule has 3 rings (SSSR count). The van der Waals surface area contributed by atoms with Gasteiger partial charge in [0.05, 0.1) is 24.4 Å². The number of nitrogens with zero attached hydrogens (tertiary/aromatic N) is 2. The first-order valence-corrected chi connectivity index (χ1v) is 9.91. The molecule has 10 heteroatoms. The zero-order valence-electron chi connectivity index (χ0n) is 16.8. The van der Waals surface area contributed by atoms with Crippen LogP contribution in [0.3, 0.4) is 0 Å². The van der Waals surface area contributed by atoms with Crippen LogP contribution in [0.4, 0.5) is 19.3 Å². The summed E-state index contributed by atoms with van der Waals surface area (Å²) in [5.74, 6) is -0.684. The molecule has 2 atom stereocenters. The fraction of sp³-hybridized carbons (Fsp3) is 0.286. The summed E-state index contributed by atoms with van der Waals surface area (Å²) < 4.78 is 33.7. The fourth-order valence-corrected chi connectivity index (χ4v) is 3.22. The van der Waals surface area contributed by atoms with E-state index in [1.165, 1.54) is 18.2 Å². The lowest BCUT2D eigenvalue weighted by atomic mass is 10.1. The smallest absolute Gasteiger partial charge is 0.405 e. The first-order valence-electron chi connectivity index (χ1n) is 9.53. The molecule has 3 aromatic rings. The van der Waals surface area contributed by atoms with E-state index < -0.39 is 23.8 Å². The molecule has 0 radical (unpaired) electrons. The number of benzene rings is 1. The summed E-state index contributed by atoms with van der Waals surface area (Å²) in [7, 11) is 0. The number of fused-ring (bicyclic) bond motifs is 1. The molecule has 3 N–H and O–H groups in total. The van der Waals surface area contributed by atoms with E-state index in [0.29, 0.717) is 28.8 Å². The summed E-state index contributed by atoms with van der Waals surface area (Å²) in [6.07, 6.45) is 0.368.